The van der Waals surface area contributed by atoms with Crippen LogP contribution < -0.4 is 5.73 Å². The summed E-state index contributed by atoms with van der Waals surface area (Å²) in [6, 6.07) is 13.9. The summed E-state index contributed by atoms with van der Waals surface area (Å²) in [5, 5.41) is 4.38. The number of halogens is 1. The Hall–Kier alpha value is -2.69. The summed E-state index contributed by atoms with van der Waals surface area (Å²) in [4.78, 5) is 4.22. The number of anilines is 1. The van der Waals surface area contributed by atoms with Gasteiger partial charge in [-0.3, -0.25) is 4.98 Å². The predicted octanol–water partition coefficient (Wildman–Crippen LogP) is 2.71. The fourth-order valence-corrected chi connectivity index (χ4v) is 1.99. The number of aromatic nitrogens is 3. The van der Waals surface area contributed by atoms with Crippen LogP contribution in [-0.2, 0) is 6.54 Å². The van der Waals surface area contributed by atoms with Crippen LogP contribution in [0, 0.1) is 5.82 Å². The zero-order valence-electron chi connectivity index (χ0n) is 10.7. The maximum absolute atomic E-state index is 13.6. The zero-order valence-corrected chi connectivity index (χ0v) is 10.7. The molecular weight excluding hydrogens is 255 g/mol. The molecule has 5 heteroatoms. The molecule has 0 unspecified atom stereocenters. The van der Waals surface area contributed by atoms with Crippen LogP contribution in [-0.4, -0.2) is 14.8 Å². The van der Waals surface area contributed by atoms with Crippen LogP contribution in [0.1, 0.15) is 5.56 Å². The van der Waals surface area contributed by atoms with Gasteiger partial charge in [0, 0.05) is 17.8 Å². The smallest absolute Gasteiger partial charge is 0.128 e. The number of hydrogen-bond acceptors (Lipinski definition) is 3. The van der Waals surface area contributed by atoms with Crippen molar-refractivity contribution in [3.05, 3.63) is 66.1 Å². The first-order valence-electron chi connectivity index (χ1n) is 6.22. The summed E-state index contributed by atoms with van der Waals surface area (Å²) in [6.45, 7) is 0.297. The predicted molar refractivity (Wildman–Crippen MR) is 75.4 cm³/mol. The molecule has 2 heterocycles. The normalized spacial score (nSPS) is 10.7. The molecule has 100 valence electrons. The molecule has 0 atom stereocenters. The van der Waals surface area contributed by atoms with Crippen LogP contribution in [0.4, 0.5) is 10.2 Å². The number of nitrogens with zero attached hydrogens (tertiary/aromatic N) is 3. The zero-order chi connectivity index (χ0) is 13.9. The van der Waals surface area contributed by atoms with Crippen LogP contribution in [0.25, 0.3) is 11.4 Å². The quantitative estimate of drug-likeness (QED) is 0.794. The van der Waals surface area contributed by atoms with E-state index in [-0.39, 0.29) is 5.82 Å². The van der Waals surface area contributed by atoms with Gasteiger partial charge in [0.1, 0.15) is 17.3 Å². The van der Waals surface area contributed by atoms with E-state index in [1.54, 1.807) is 35.1 Å². The number of rotatable bonds is 3. The monoisotopic (exact) mass is 268 g/mol. The summed E-state index contributed by atoms with van der Waals surface area (Å²) < 4.78 is 15.2. The van der Waals surface area contributed by atoms with Crippen LogP contribution in [0.2, 0.25) is 0 Å². The molecular formula is C15H13FN4. The molecule has 0 radical (unpaired) electrons. The first-order chi connectivity index (χ1) is 9.74. The van der Waals surface area contributed by atoms with E-state index < -0.39 is 0 Å². The summed E-state index contributed by atoms with van der Waals surface area (Å²) in [6.07, 6.45) is 1.70. The Morgan fingerprint density at radius 2 is 1.85 bits per heavy atom. The fourth-order valence-electron chi connectivity index (χ4n) is 1.99. The summed E-state index contributed by atoms with van der Waals surface area (Å²) >= 11 is 0. The van der Waals surface area contributed by atoms with E-state index in [2.05, 4.69) is 10.1 Å². The standard InChI is InChI=1S/C15H13FN4/c16-12-6-2-1-5-11(12)10-20-15(17)9-14(19-20)13-7-3-4-8-18-13/h1-9H,10,17H2. The van der Waals surface area contributed by atoms with E-state index in [4.69, 9.17) is 5.73 Å². The van der Waals surface area contributed by atoms with Crippen LogP contribution in [0.5, 0.6) is 0 Å². The third-order valence-corrected chi connectivity index (χ3v) is 3.02. The largest absolute Gasteiger partial charge is 0.384 e. The molecule has 0 saturated carbocycles. The average Bonchev–Trinajstić information content (AvgIpc) is 2.84. The SMILES string of the molecule is Nc1cc(-c2ccccn2)nn1Cc1ccccc1F. The summed E-state index contributed by atoms with van der Waals surface area (Å²) in [5.41, 5.74) is 7.90. The van der Waals surface area contributed by atoms with E-state index in [9.17, 15) is 4.39 Å². The van der Waals surface area contributed by atoms with Crippen molar-refractivity contribution < 1.29 is 4.39 Å². The third kappa shape index (κ3) is 2.38. The van der Waals surface area contributed by atoms with Crippen LogP contribution >= 0.6 is 0 Å². The van der Waals surface area contributed by atoms with Crippen LogP contribution in [0.15, 0.2) is 54.7 Å². The van der Waals surface area contributed by atoms with E-state index in [0.29, 0.717) is 23.6 Å². The molecule has 0 saturated heterocycles. The Morgan fingerprint density at radius 3 is 2.60 bits per heavy atom. The first-order valence-corrected chi connectivity index (χ1v) is 6.22. The van der Waals surface area contributed by atoms with E-state index in [1.165, 1.54) is 6.07 Å². The molecule has 0 aliphatic rings. The van der Waals surface area contributed by atoms with Crippen molar-refractivity contribution in [2.24, 2.45) is 0 Å². The lowest BCUT2D eigenvalue weighted by Gasteiger charge is -2.05. The van der Waals surface area contributed by atoms with E-state index >= 15 is 0 Å². The molecule has 1 aromatic carbocycles. The fraction of sp³-hybridized carbons (Fsp3) is 0.0667. The Balaban J connectivity index is 1.92. The van der Waals surface area contributed by atoms with Gasteiger partial charge in [-0.25, -0.2) is 9.07 Å². The third-order valence-electron chi connectivity index (χ3n) is 3.02. The Bertz CT molecular complexity index is 722. The van der Waals surface area contributed by atoms with Crippen molar-refractivity contribution in [1.82, 2.24) is 14.8 Å². The van der Waals surface area contributed by atoms with Crippen molar-refractivity contribution in [2.45, 2.75) is 6.54 Å². The highest BCUT2D eigenvalue weighted by atomic mass is 19.1. The topological polar surface area (TPSA) is 56.7 Å². The second kappa shape index (κ2) is 5.13. The van der Waals surface area contributed by atoms with Gasteiger partial charge in [-0.1, -0.05) is 24.3 Å². The second-order valence-corrected chi connectivity index (χ2v) is 4.42. The molecule has 3 aromatic rings. The highest BCUT2D eigenvalue weighted by molar-refractivity contribution is 5.57. The van der Waals surface area contributed by atoms with Crippen molar-refractivity contribution in [3.63, 3.8) is 0 Å². The number of benzene rings is 1. The van der Waals surface area contributed by atoms with Gasteiger partial charge in [-0.2, -0.15) is 5.10 Å². The molecule has 0 bridgehead atoms. The molecule has 0 fully saturated rings. The summed E-state index contributed by atoms with van der Waals surface area (Å²) in [7, 11) is 0. The van der Waals surface area contributed by atoms with Crippen molar-refractivity contribution in [1.29, 1.82) is 0 Å². The number of nitrogens with two attached hydrogens (primary N) is 1. The molecule has 20 heavy (non-hydrogen) atoms. The lowest BCUT2D eigenvalue weighted by Crippen LogP contribution is -2.07. The molecule has 2 aromatic heterocycles. The van der Waals surface area contributed by atoms with E-state index in [0.717, 1.165) is 5.69 Å². The van der Waals surface area contributed by atoms with Crippen LogP contribution in [0.3, 0.4) is 0 Å². The number of pyridine rings is 1. The molecule has 0 aliphatic heterocycles. The molecule has 4 nitrogen and oxygen atoms in total. The molecule has 0 amide bonds. The van der Waals surface area contributed by atoms with Gasteiger partial charge in [-0.05, 0) is 18.2 Å². The Morgan fingerprint density at radius 1 is 1.05 bits per heavy atom. The maximum Gasteiger partial charge on any atom is 0.128 e. The van der Waals surface area contributed by atoms with Gasteiger partial charge in [-0.15, -0.1) is 0 Å². The first kappa shape index (κ1) is 12.3. The lowest BCUT2D eigenvalue weighted by atomic mass is 10.2. The molecule has 2 N–H and O–H groups in total. The number of hydrogen-bond donors (Lipinski definition) is 1. The van der Waals surface area contributed by atoms with Gasteiger partial charge in [0.25, 0.3) is 0 Å². The van der Waals surface area contributed by atoms with E-state index in [1.807, 2.05) is 18.2 Å². The second-order valence-electron chi connectivity index (χ2n) is 4.42. The summed E-state index contributed by atoms with van der Waals surface area (Å²) in [5.74, 6) is 0.218. The average molecular weight is 268 g/mol. The van der Waals surface area contributed by atoms with Gasteiger partial charge in [0.05, 0.1) is 12.2 Å². The minimum absolute atomic E-state index is 0.262. The maximum atomic E-state index is 13.6. The van der Waals surface area contributed by atoms with Gasteiger partial charge >= 0.3 is 0 Å². The number of nitrogen functional groups attached to an aromatic ring is 1. The van der Waals surface area contributed by atoms with Crippen molar-refractivity contribution in [3.8, 4) is 11.4 Å². The van der Waals surface area contributed by atoms with Crippen molar-refractivity contribution >= 4 is 5.82 Å². The van der Waals surface area contributed by atoms with Crippen molar-refractivity contribution in [2.75, 3.05) is 5.73 Å². The Labute approximate surface area is 115 Å². The molecule has 0 spiro atoms. The van der Waals surface area contributed by atoms with Gasteiger partial charge in [0.15, 0.2) is 0 Å². The Kier molecular flexibility index (Phi) is 3.16. The highest BCUT2D eigenvalue weighted by Crippen LogP contribution is 2.19. The minimum atomic E-state index is -0.262. The minimum Gasteiger partial charge on any atom is -0.384 e. The van der Waals surface area contributed by atoms with Gasteiger partial charge in [0.2, 0.25) is 0 Å². The lowest BCUT2D eigenvalue weighted by molar-refractivity contribution is 0.588. The molecule has 0 aliphatic carbocycles. The highest BCUT2D eigenvalue weighted by Gasteiger charge is 2.10. The van der Waals surface area contributed by atoms with Gasteiger partial charge < -0.3 is 5.73 Å². The molecule has 3 rings (SSSR count).